The molecule has 2 atom stereocenters. The molecule has 80 valence electrons. The topological polar surface area (TPSA) is 20.3 Å². The summed E-state index contributed by atoms with van der Waals surface area (Å²) in [5.74, 6) is 1.45. The second-order valence-corrected chi connectivity index (χ2v) is 5.29. The van der Waals surface area contributed by atoms with Crippen LogP contribution in [0.2, 0.25) is 0 Å². The highest BCUT2D eigenvalue weighted by Crippen LogP contribution is 2.33. The predicted octanol–water partition coefficient (Wildman–Crippen LogP) is 2.42. The molecule has 0 radical (unpaired) electrons. The predicted molar refractivity (Wildman–Crippen MR) is 60.4 cm³/mol. The van der Waals surface area contributed by atoms with Crippen LogP contribution in [0.15, 0.2) is 0 Å². The summed E-state index contributed by atoms with van der Waals surface area (Å²) in [4.78, 5) is 14.2. The highest BCUT2D eigenvalue weighted by atomic mass is 79.9. The van der Waals surface area contributed by atoms with Gasteiger partial charge in [0.15, 0.2) is 0 Å². The van der Waals surface area contributed by atoms with Crippen molar-refractivity contribution in [2.45, 2.75) is 38.6 Å². The fraction of sp³-hybridized carbons (Fsp3) is 0.909. The Bertz CT molecular complexity index is 227. The van der Waals surface area contributed by atoms with Gasteiger partial charge in [-0.1, -0.05) is 29.3 Å². The van der Waals surface area contributed by atoms with Crippen molar-refractivity contribution >= 4 is 21.8 Å². The average Bonchev–Trinajstić information content (AvgIpc) is 2.43. The summed E-state index contributed by atoms with van der Waals surface area (Å²) < 4.78 is 0. The summed E-state index contributed by atoms with van der Waals surface area (Å²) in [6.07, 6.45) is 4.67. The highest BCUT2D eigenvalue weighted by Gasteiger charge is 2.38. The Hall–Kier alpha value is -0.0500. The zero-order valence-corrected chi connectivity index (χ0v) is 10.3. The molecule has 2 unspecified atom stereocenters. The van der Waals surface area contributed by atoms with Crippen LogP contribution in [0.4, 0.5) is 0 Å². The lowest BCUT2D eigenvalue weighted by atomic mass is 9.84. The van der Waals surface area contributed by atoms with E-state index in [-0.39, 0.29) is 0 Å². The Morgan fingerprint density at radius 3 is 2.64 bits per heavy atom. The first kappa shape index (κ1) is 10.5. The number of carbonyl (C=O) groups is 1. The first-order valence-electron chi connectivity index (χ1n) is 5.60. The van der Waals surface area contributed by atoms with Crippen LogP contribution in [0.3, 0.4) is 0 Å². The third kappa shape index (κ3) is 1.71. The van der Waals surface area contributed by atoms with Crippen molar-refractivity contribution in [1.82, 2.24) is 4.90 Å². The van der Waals surface area contributed by atoms with Crippen molar-refractivity contribution in [3.05, 3.63) is 0 Å². The first-order chi connectivity index (χ1) is 6.74. The zero-order valence-electron chi connectivity index (χ0n) is 8.71. The molecule has 2 fully saturated rings. The number of hydrogen-bond donors (Lipinski definition) is 0. The molecule has 3 heteroatoms. The molecule has 1 heterocycles. The number of carbonyl (C=O) groups excluding carboxylic acids is 1. The van der Waals surface area contributed by atoms with Crippen molar-refractivity contribution < 1.29 is 4.79 Å². The molecular weight excluding hydrogens is 242 g/mol. The molecule has 1 aliphatic heterocycles. The number of amides is 1. The molecule has 14 heavy (non-hydrogen) atoms. The summed E-state index contributed by atoms with van der Waals surface area (Å²) in [6, 6.07) is 0.447. The number of halogens is 1. The van der Waals surface area contributed by atoms with Gasteiger partial charge in [-0.15, -0.1) is 0 Å². The van der Waals surface area contributed by atoms with Gasteiger partial charge in [-0.05, 0) is 25.2 Å². The Kier molecular flexibility index (Phi) is 3.15. The quantitative estimate of drug-likeness (QED) is 0.698. The second-order valence-electron chi connectivity index (χ2n) is 4.65. The van der Waals surface area contributed by atoms with Crippen LogP contribution in [-0.4, -0.2) is 28.7 Å². The average molecular weight is 260 g/mol. The van der Waals surface area contributed by atoms with Crippen LogP contribution in [0, 0.1) is 11.8 Å². The van der Waals surface area contributed by atoms with Gasteiger partial charge in [-0.25, -0.2) is 0 Å². The van der Waals surface area contributed by atoms with Crippen molar-refractivity contribution in [3.8, 4) is 0 Å². The molecule has 0 N–H and O–H groups in total. The molecule has 1 amide bonds. The van der Waals surface area contributed by atoms with E-state index < -0.39 is 0 Å². The van der Waals surface area contributed by atoms with Gasteiger partial charge in [0.05, 0.1) is 0 Å². The van der Waals surface area contributed by atoms with Gasteiger partial charge in [-0.2, -0.15) is 0 Å². The number of likely N-dealkylation sites (tertiary alicyclic amines) is 1. The molecule has 0 aromatic heterocycles. The second kappa shape index (κ2) is 4.21. The van der Waals surface area contributed by atoms with Crippen molar-refractivity contribution in [1.29, 1.82) is 0 Å². The SMILES string of the molecule is CC1CCN(C(=O)C2CCC2)C1CBr. The maximum atomic E-state index is 12.0. The molecule has 0 aromatic carbocycles. The molecule has 1 saturated carbocycles. The summed E-state index contributed by atoms with van der Waals surface area (Å²) in [6.45, 7) is 3.23. The van der Waals surface area contributed by atoms with Gasteiger partial charge in [0.25, 0.3) is 0 Å². The highest BCUT2D eigenvalue weighted by molar-refractivity contribution is 9.09. The van der Waals surface area contributed by atoms with E-state index in [9.17, 15) is 4.79 Å². The Morgan fingerprint density at radius 2 is 2.14 bits per heavy atom. The smallest absolute Gasteiger partial charge is 0.225 e. The van der Waals surface area contributed by atoms with E-state index in [1.807, 2.05) is 0 Å². The molecule has 0 spiro atoms. The standard InChI is InChI=1S/C11H18BrNO/c1-8-5-6-13(10(8)7-12)11(14)9-3-2-4-9/h8-10H,2-7H2,1H3. The first-order valence-corrected chi connectivity index (χ1v) is 6.72. The van der Waals surface area contributed by atoms with Gasteiger partial charge >= 0.3 is 0 Å². The monoisotopic (exact) mass is 259 g/mol. The fourth-order valence-corrected chi connectivity index (χ4v) is 3.39. The molecule has 1 aliphatic carbocycles. The number of nitrogens with zero attached hydrogens (tertiary/aromatic N) is 1. The normalized spacial score (nSPS) is 33.1. The molecule has 2 aliphatic rings. The maximum absolute atomic E-state index is 12.0. The number of rotatable bonds is 2. The van der Waals surface area contributed by atoms with Gasteiger partial charge in [-0.3, -0.25) is 4.79 Å². The van der Waals surface area contributed by atoms with E-state index in [1.165, 1.54) is 12.8 Å². The minimum Gasteiger partial charge on any atom is -0.338 e. The maximum Gasteiger partial charge on any atom is 0.225 e. The van der Waals surface area contributed by atoms with Crippen LogP contribution >= 0.6 is 15.9 Å². The Labute approximate surface area is 94.2 Å². The van der Waals surface area contributed by atoms with Gasteiger partial charge in [0, 0.05) is 23.8 Å². The molecule has 2 nitrogen and oxygen atoms in total. The van der Waals surface area contributed by atoms with E-state index >= 15 is 0 Å². The van der Waals surface area contributed by atoms with Crippen LogP contribution < -0.4 is 0 Å². The van der Waals surface area contributed by atoms with Gasteiger partial charge < -0.3 is 4.90 Å². The molecule has 0 bridgehead atoms. The third-order valence-electron chi connectivity index (χ3n) is 3.78. The Balaban J connectivity index is 1.98. The molecule has 0 aromatic rings. The van der Waals surface area contributed by atoms with Crippen LogP contribution in [-0.2, 0) is 4.79 Å². The minimum absolute atomic E-state index is 0.363. The summed E-state index contributed by atoms with van der Waals surface area (Å²) in [5.41, 5.74) is 0. The van der Waals surface area contributed by atoms with E-state index in [2.05, 4.69) is 27.8 Å². The largest absolute Gasteiger partial charge is 0.338 e. The summed E-state index contributed by atoms with van der Waals surface area (Å²) in [7, 11) is 0. The number of alkyl halides is 1. The third-order valence-corrected chi connectivity index (χ3v) is 4.44. The fourth-order valence-electron chi connectivity index (χ4n) is 2.41. The van der Waals surface area contributed by atoms with Crippen molar-refractivity contribution in [2.24, 2.45) is 11.8 Å². The zero-order chi connectivity index (χ0) is 10.1. The lowest BCUT2D eigenvalue weighted by Gasteiger charge is -2.33. The van der Waals surface area contributed by atoms with E-state index in [0.717, 1.165) is 24.7 Å². The lowest BCUT2D eigenvalue weighted by Crippen LogP contribution is -2.43. The van der Waals surface area contributed by atoms with Crippen LogP contribution in [0.5, 0.6) is 0 Å². The molecular formula is C11H18BrNO. The van der Waals surface area contributed by atoms with E-state index in [1.54, 1.807) is 0 Å². The lowest BCUT2D eigenvalue weighted by molar-refractivity contribution is -0.138. The van der Waals surface area contributed by atoms with Gasteiger partial charge in [0.1, 0.15) is 0 Å². The number of hydrogen-bond acceptors (Lipinski definition) is 1. The van der Waals surface area contributed by atoms with Crippen molar-refractivity contribution in [3.63, 3.8) is 0 Å². The Morgan fingerprint density at radius 1 is 1.43 bits per heavy atom. The van der Waals surface area contributed by atoms with Gasteiger partial charge in [0.2, 0.25) is 5.91 Å². The van der Waals surface area contributed by atoms with Crippen molar-refractivity contribution in [2.75, 3.05) is 11.9 Å². The molecule has 1 saturated heterocycles. The van der Waals surface area contributed by atoms with Crippen LogP contribution in [0.1, 0.15) is 32.6 Å². The summed E-state index contributed by atoms with van der Waals surface area (Å²) >= 11 is 3.52. The van der Waals surface area contributed by atoms with E-state index in [4.69, 9.17) is 0 Å². The summed E-state index contributed by atoms with van der Waals surface area (Å²) in [5, 5.41) is 0.937. The molecule has 2 rings (SSSR count). The minimum atomic E-state index is 0.363. The van der Waals surface area contributed by atoms with E-state index in [0.29, 0.717) is 23.8 Å². The van der Waals surface area contributed by atoms with Crippen LogP contribution in [0.25, 0.3) is 0 Å².